The Morgan fingerprint density at radius 1 is 0.750 bits per heavy atom. The van der Waals surface area contributed by atoms with E-state index in [0.29, 0.717) is 10.7 Å². The Bertz CT molecular complexity index is 992. The Kier molecular flexibility index (Phi) is 3.20. The van der Waals surface area contributed by atoms with Gasteiger partial charge in [-0.25, -0.2) is 9.98 Å². The van der Waals surface area contributed by atoms with Gasteiger partial charge in [-0.05, 0) is 6.07 Å². The third-order valence-electron chi connectivity index (χ3n) is 4.09. The average molecular weight is 315 g/mol. The highest BCUT2D eigenvalue weighted by atomic mass is 16.6. The number of hydrogen-bond acceptors (Lipinski definition) is 4. The van der Waals surface area contributed by atoms with E-state index in [1.807, 2.05) is 60.7 Å². The third kappa shape index (κ3) is 2.18. The van der Waals surface area contributed by atoms with Gasteiger partial charge in [0.25, 0.3) is 5.69 Å². The Morgan fingerprint density at radius 2 is 1.29 bits per heavy atom. The smallest absolute Gasteiger partial charge is 0.258 e. The van der Waals surface area contributed by atoms with Gasteiger partial charge in [0, 0.05) is 23.3 Å². The zero-order chi connectivity index (χ0) is 16.6. The van der Waals surface area contributed by atoms with Gasteiger partial charge in [0.2, 0.25) is 5.66 Å². The summed E-state index contributed by atoms with van der Waals surface area (Å²) >= 11 is 0. The summed E-state index contributed by atoms with van der Waals surface area (Å²) in [7, 11) is 0. The van der Waals surface area contributed by atoms with Crippen molar-refractivity contribution in [3.05, 3.63) is 111 Å². The SMILES string of the molecule is O=[N+]([O-])c1ccc2c(c1)=NC(c1ccccc1)(c1ccccc1)N=2. The molecular weight excluding hydrogens is 302 g/mol. The van der Waals surface area contributed by atoms with Gasteiger partial charge in [-0.3, -0.25) is 10.1 Å². The standard InChI is InChI=1S/C19H13N3O2/c23-22(24)16-11-12-17-18(13-16)21-19(20-17,14-7-3-1-4-8-14)15-9-5-2-6-10-15/h1-13H. The maximum absolute atomic E-state index is 11.0. The molecule has 0 spiro atoms. The van der Waals surface area contributed by atoms with Crippen LogP contribution in [0.4, 0.5) is 5.69 Å². The van der Waals surface area contributed by atoms with E-state index in [-0.39, 0.29) is 5.69 Å². The lowest BCUT2D eigenvalue weighted by Gasteiger charge is -2.24. The fourth-order valence-electron chi connectivity index (χ4n) is 2.95. The lowest BCUT2D eigenvalue weighted by molar-refractivity contribution is -0.385. The van der Waals surface area contributed by atoms with Gasteiger partial charge >= 0.3 is 0 Å². The fourth-order valence-corrected chi connectivity index (χ4v) is 2.95. The molecule has 5 heteroatoms. The second kappa shape index (κ2) is 5.38. The molecule has 0 N–H and O–H groups in total. The van der Waals surface area contributed by atoms with Crippen LogP contribution in [-0.2, 0) is 5.66 Å². The van der Waals surface area contributed by atoms with Crippen molar-refractivity contribution in [2.45, 2.75) is 5.66 Å². The Morgan fingerprint density at radius 3 is 1.83 bits per heavy atom. The first-order valence-electron chi connectivity index (χ1n) is 7.54. The van der Waals surface area contributed by atoms with Crippen LogP contribution in [0.3, 0.4) is 0 Å². The quantitative estimate of drug-likeness (QED) is 0.551. The molecule has 0 aromatic heterocycles. The number of nitro benzene ring substituents is 1. The predicted octanol–water partition coefficient (Wildman–Crippen LogP) is 2.75. The second-order valence-electron chi connectivity index (χ2n) is 5.56. The van der Waals surface area contributed by atoms with Gasteiger partial charge in [0.15, 0.2) is 0 Å². The maximum Gasteiger partial charge on any atom is 0.271 e. The van der Waals surface area contributed by atoms with Crippen LogP contribution in [0.2, 0.25) is 0 Å². The van der Waals surface area contributed by atoms with E-state index in [1.165, 1.54) is 12.1 Å². The van der Waals surface area contributed by atoms with E-state index in [0.717, 1.165) is 11.1 Å². The molecule has 0 amide bonds. The normalized spacial score (nSPS) is 14.3. The van der Waals surface area contributed by atoms with E-state index in [1.54, 1.807) is 6.07 Å². The first-order chi connectivity index (χ1) is 11.7. The van der Waals surface area contributed by atoms with Crippen LogP contribution in [0.5, 0.6) is 0 Å². The second-order valence-corrected chi connectivity index (χ2v) is 5.56. The first-order valence-corrected chi connectivity index (χ1v) is 7.54. The third-order valence-corrected chi connectivity index (χ3v) is 4.09. The summed E-state index contributed by atoms with van der Waals surface area (Å²) in [5.41, 5.74) is 0.967. The highest BCUT2D eigenvalue weighted by Crippen LogP contribution is 2.35. The van der Waals surface area contributed by atoms with Crippen molar-refractivity contribution in [2.75, 3.05) is 0 Å². The summed E-state index contributed by atoms with van der Waals surface area (Å²) in [6.45, 7) is 0. The van der Waals surface area contributed by atoms with E-state index in [2.05, 4.69) is 0 Å². The Hall–Kier alpha value is -3.34. The molecule has 1 aliphatic heterocycles. The summed E-state index contributed by atoms with van der Waals surface area (Å²) in [6, 6.07) is 24.1. The maximum atomic E-state index is 11.0. The van der Waals surface area contributed by atoms with Gasteiger partial charge in [-0.2, -0.15) is 0 Å². The lowest BCUT2D eigenvalue weighted by Crippen LogP contribution is -2.22. The number of nitro groups is 1. The van der Waals surface area contributed by atoms with Crippen molar-refractivity contribution >= 4 is 5.69 Å². The van der Waals surface area contributed by atoms with Crippen molar-refractivity contribution in [3.8, 4) is 0 Å². The summed E-state index contributed by atoms with van der Waals surface area (Å²) in [6.07, 6.45) is 0. The Balaban J connectivity index is 2.01. The molecule has 3 aromatic rings. The number of hydrogen-bond donors (Lipinski definition) is 0. The molecular formula is C19H13N3O2. The van der Waals surface area contributed by atoms with Crippen LogP contribution in [0.15, 0.2) is 88.8 Å². The molecule has 5 nitrogen and oxygen atoms in total. The monoisotopic (exact) mass is 315 g/mol. The minimum Gasteiger partial charge on any atom is -0.258 e. The molecule has 0 saturated carbocycles. The molecule has 0 saturated heterocycles. The molecule has 0 aliphatic carbocycles. The molecule has 4 rings (SSSR count). The molecule has 0 fully saturated rings. The molecule has 0 bridgehead atoms. The summed E-state index contributed by atoms with van der Waals surface area (Å²) < 4.78 is 0. The number of non-ortho nitro benzene ring substituents is 1. The molecule has 1 aliphatic rings. The van der Waals surface area contributed by atoms with Crippen LogP contribution in [0.1, 0.15) is 11.1 Å². The molecule has 24 heavy (non-hydrogen) atoms. The molecule has 0 radical (unpaired) electrons. The zero-order valence-electron chi connectivity index (χ0n) is 12.7. The minimum absolute atomic E-state index is 0.0182. The Labute approximate surface area is 137 Å². The molecule has 0 unspecified atom stereocenters. The lowest BCUT2D eigenvalue weighted by atomic mass is 9.92. The van der Waals surface area contributed by atoms with Crippen LogP contribution in [0.25, 0.3) is 0 Å². The topological polar surface area (TPSA) is 67.9 Å². The number of fused-ring (bicyclic) bond motifs is 1. The highest BCUT2D eigenvalue weighted by molar-refractivity contribution is 5.40. The van der Waals surface area contributed by atoms with Gasteiger partial charge in [-0.15, -0.1) is 0 Å². The van der Waals surface area contributed by atoms with Crippen molar-refractivity contribution in [1.82, 2.24) is 0 Å². The number of rotatable bonds is 3. The predicted molar refractivity (Wildman–Crippen MR) is 89.1 cm³/mol. The van der Waals surface area contributed by atoms with E-state index >= 15 is 0 Å². The van der Waals surface area contributed by atoms with Crippen molar-refractivity contribution < 1.29 is 4.92 Å². The van der Waals surface area contributed by atoms with Crippen molar-refractivity contribution in [3.63, 3.8) is 0 Å². The summed E-state index contributed by atoms with van der Waals surface area (Å²) in [5, 5.41) is 12.2. The van der Waals surface area contributed by atoms with E-state index < -0.39 is 10.6 Å². The molecule has 116 valence electrons. The zero-order valence-corrected chi connectivity index (χ0v) is 12.7. The molecule has 1 heterocycles. The summed E-state index contributed by atoms with van der Waals surface area (Å²) in [5.74, 6) is 0. The molecule has 3 aromatic carbocycles. The summed E-state index contributed by atoms with van der Waals surface area (Å²) in [4.78, 5) is 20.2. The van der Waals surface area contributed by atoms with Gasteiger partial charge in [-0.1, -0.05) is 60.7 Å². The van der Waals surface area contributed by atoms with Crippen molar-refractivity contribution in [1.29, 1.82) is 0 Å². The van der Waals surface area contributed by atoms with Crippen LogP contribution in [-0.4, -0.2) is 4.92 Å². The minimum atomic E-state index is -0.903. The largest absolute Gasteiger partial charge is 0.271 e. The first kappa shape index (κ1) is 14.3. The number of benzene rings is 3. The van der Waals surface area contributed by atoms with E-state index in [4.69, 9.17) is 9.98 Å². The van der Waals surface area contributed by atoms with Crippen LogP contribution >= 0.6 is 0 Å². The van der Waals surface area contributed by atoms with E-state index in [9.17, 15) is 10.1 Å². The van der Waals surface area contributed by atoms with Crippen molar-refractivity contribution in [2.24, 2.45) is 9.98 Å². The van der Waals surface area contributed by atoms with Crippen LogP contribution < -0.4 is 10.7 Å². The fraction of sp³-hybridized carbons (Fsp3) is 0.0526. The number of nitrogens with zero attached hydrogens (tertiary/aromatic N) is 3. The molecule has 0 atom stereocenters. The van der Waals surface area contributed by atoms with Gasteiger partial charge < -0.3 is 0 Å². The van der Waals surface area contributed by atoms with Gasteiger partial charge in [0.05, 0.1) is 15.6 Å². The van der Waals surface area contributed by atoms with Gasteiger partial charge in [0.1, 0.15) is 0 Å². The van der Waals surface area contributed by atoms with Crippen LogP contribution in [0, 0.1) is 10.1 Å². The highest BCUT2D eigenvalue weighted by Gasteiger charge is 2.35. The average Bonchev–Trinajstić information content (AvgIpc) is 3.03.